The number of fused-ring (bicyclic) bond motifs is 1. The molecule has 1 aromatic heterocycles. The first kappa shape index (κ1) is 19.6. The molecule has 0 atom stereocenters. The van der Waals surface area contributed by atoms with Gasteiger partial charge < -0.3 is 9.47 Å². The predicted molar refractivity (Wildman–Crippen MR) is 110 cm³/mol. The lowest BCUT2D eigenvalue weighted by atomic mass is 10.2. The predicted octanol–water partition coefficient (Wildman–Crippen LogP) is 3.09. The zero-order chi connectivity index (χ0) is 21.1. The van der Waals surface area contributed by atoms with Crippen LogP contribution in [-0.2, 0) is 6.54 Å². The normalized spacial score (nSPS) is 12.3. The number of benzene rings is 2. The van der Waals surface area contributed by atoms with Gasteiger partial charge in [0.2, 0.25) is 6.79 Å². The van der Waals surface area contributed by atoms with Gasteiger partial charge in [0.1, 0.15) is 0 Å². The average Bonchev–Trinajstić information content (AvgIpc) is 3.34. The molecule has 2 aromatic carbocycles. The van der Waals surface area contributed by atoms with Crippen molar-refractivity contribution in [1.29, 1.82) is 0 Å². The van der Waals surface area contributed by atoms with E-state index in [9.17, 15) is 14.9 Å². The van der Waals surface area contributed by atoms with Crippen LogP contribution in [0.25, 0.3) is 0 Å². The Morgan fingerprint density at radius 2 is 2.03 bits per heavy atom. The van der Waals surface area contributed by atoms with E-state index in [1.54, 1.807) is 41.2 Å². The summed E-state index contributed by atoms with van der Waals surface area (Å²) in [7, 11) is 0. The van der Waals surface area contributed by atoms with Gasteiger partial charge in [0.25, 0.3) is 11.6 Å². The first-order valence-corrected chi connectivity index (χ1v) is 9.48. The van der Waals surface area contributed by atoms with Crippen molar-refractivity contribution in [2.24, 2.45) is 5.10 Å². The number of non-ortho nitro benzene ring substituents is 1. The average molecular weight is 472 g/mol. The Kier molecular flexibility index (Phi) is 5.44. The van der Waals surface area contributed by atoms with Gasteiger partial charge in [0.15, 0.2) is 17.2 Å². The summed E-state index contributed by atoms with van der Waals surface area (Å²) in [4.78, 5) is 22.7. The highest BCUT2D eigenvalue weighted by atomic mass is 79.9. The number of rotatable bonds is 6. The number of nitrogens with one attached hydrogen (secondary N) is 1. The smallest absolute Gasteiger partial charge is 0.293 e. The zero-order valence-corrected chi connectivity index (χ0v) is 16.9. The van der Waals surface area contributed by atoms with Crippen LogP contribution in [0.3, 0.4) is 0 Å². The maximum atomic E-state index is 12.4. The Balaban J connectivity index is 1.39. The molecule has 30 heavy (non-hydrogen) atoms. The Morgan fingerprint density at radius 3 is 2.80 bits per heavy atom. The molecular formula is C19H14BrN5O5. The molecule has 4 rings (SSSR count). The van der Waals surface area contributed by atoms with E-state index in [1.165, 1.54) is 18.3 Å². The number of amides is 1. The summed E-state index contributed by atoms with van der Waals surface area (Å²) in [6.45, 7) is 0.535. The molecule has 0 bridgehead atoms. The van der Waals surface area contributed by atoms with Gasteiger partial charge in [-0.05, 0) is 45.3 Å². The quantitative estimate of drug-likeness (QED) is 0.335. The number of ether oxygens (including phenoxy) is 2. The van der Waals surface area contributed by atoms with Crippen LogP contribution in [0.5, 0.6) is 11.5 Å². The van der Waals surface area contributed by atoms with Crippen molar-refractivity contribution in [3.05, 3.63) is 80.1 Å². The fraction of sp³-hybridized carbons (Fsp3) is 0.105. The lowest BCUT2D eigenvalue weighted by molar-refractivity contribution is -0.384. The molecule has 1 aliphatic heterocycles. The number of carbonyl (C=O) groups is 1. The van der Waals surface area contributed by atoms with Crippen LogP contribution in [0.4, 0.5) is 5.69 Å². The van der Waals surface area contributed by atoms with Gasteiger partial charge in [-0.2, -0.15) is 10.2 Å². The minimum Gasteiger partial charge on any atom is -0.454 e. The molecule has 10 nitrogen and oxygen atoms in total. The van der Waals surface area contributed by atoms with Crippen LogP contribution in [0.1, 0.15) is 21.6 Å². The molecule has 0 spiro atoms. The van der Waals surface area contributed by atoms with E-state index in [0.717, 1.165) is 11.1 Å². The van der Waals surface area contributed by atoms with Gasteiger partial charge in [-0.15, -0.1) is 0 Å². The fourth-order valence-corrected chi connectivity index (χ4v) is 3.25. The van der Waals surface area contributed by atoms with Crippen LogP contribution >= 0.6 is 15.9 Å². The maximum absolute atomic E-state index is 12.4. The molecule has 1 aliphatic rings. The highest BCUT2D eigenvalue weighted by molar-refractivity contribution is 9.10. The van der Waals surface area contributed by atoms with Crippen LogP contribution in [0, 0.1) is 10.1 Å². The molecule has 0 unspecified atom stereocenters. The second-order valence-corrected chi connectivity index (χ2v) is 7.11. The molecule has 0 aliphatic carbocycles. The largest absolute Gasteiger partial charge is 0.454 e. The molecule has 0 fully saturated rings. The zero-order valence-electron chi connectivity index (χ0n) is 15.3. The minimum absolute atomic E-state index is 0.0146. The summed E-state index contributed by atoms with van der Waals surface area (Å²) in [5.41, 5.74) is 4.16. The SMILES string of the molecule is O=C(N/N=C\c1ccc2c(c1)OCO2)c1nn(Cc2ccc([N+](=O)[O-])cc2)cc1Br. The monoisotopic (exact) mass is 471 g/mol. The number of nitro benzene ring substituents is 1. The maximum Gasteiger partial charge on any atom is 0.293 e. The van der Waals surface area contributed by atoms with E-state index < -0.39 is 10.8 Å². The summed E-state index contributed by atoms with van der Waals surface area (Å²) in [6.07, 6.45) is 3.14. The molecule has 2 heterocycles. The molecule has 0 saturated carbocycles. The third-order valence-corrected chi connectivity index (χ3v) is 4.78. The Morgan fingerprint density at radius 1 is 1.27 bits per heavy atom. The number of halogens is 1. The van der Waals surface area contributed by atoms with Crippen molar-refractivity contribution >= 4 is 33.7 Å². The summed E-state index contributed by atoms with van der Waals surface area (Å²) < 4.78 is 12.6. The molecule has 3 aromatic rings. The van der Waals surface area contributed by atoms with Crippen molar-refractivity contribution in [2.45, 2.75) is 6.54 Å². The number of aromatic nitrogens is 2. The van der Waals surface area contributed by atoms with Crippen molar-refractivity contribution in [2.75, 3.05) is 6.79 Å². The van der Waals surface area contributed by atoms with Crippen LogP contribution in [-0.4, -0.2) is 33.6 Å². The first-order chi connectivity index (χ1) is 14.5. The minimum atomic E-state index is -0.485. The number of hydrogen-bond donors (Lipinski definition) is 1. The molecular weight excluding hydrogens is 458 g/mol. The first-order valence-electron chi connectivity index (χ1n) is 8.69. The second-order valence-electron chi connectivity index (χ2n) is 6.26. The summed E-state index contributed by atoms with van der Waals surface area (Å²) >= 11 is 3.32. The fourth-order valence-electron chi connectivity index (χ4n) is 2.75. The molecule has 152 valence electrons. The summed E-state index contributed by atoms with van der Waals surface area (Å²) in [6, 6.07) is 11.4. The molecule has 11 heteroatoms. The number of nitrogens with zero attached hydrogens (tertiary/aromatic N) is 4. The van der Waals surface area contributed by atoms with E-state index in [2.05, 4.69) is 31.6 Å². The van der Waals surface area contributed by atoms with E-state index in [1.807, 2.05) is 0 Å². The van der Waals surface area contributed by atoms with Crippen molar-refractivity contribution in [3.8, 4) is 11.5 Å². The number of hydrogen-bond acceptors (Lipinski definition) is 7. The topological polar surface area (TPSA) is 121 Å². The van der Waals surface area contributed by atoms with Crippen molar-refractivity contribution in [1.82, 2.24) is 15.2 Å². The lowest BCUT2D eigenvalue weighted by Gasteiger charge is -2.01. The highest BCUT2D eigenvalue weighted by Gasteiger charge is 2.16. The molecule has 1 amide bonds. The van der Waals surface area contributed by atoms with Gasteiger partial charge in [0.05, 0.1) is 22.2 Å². The Labute approximate surface area is 178 Å². The molecule has 0 saturated heterocycles. The number of carbonyl (C=O) groups excluding carboxylic acids is 1. The summed E-state index contributed by atoms with van der Waals surface area (Å²) in [5.74, 6) is 0.804. The molecule has 1 N–H and O–H groups in total. The van der Waals surface area contributed by atoms with Gasteiger partial charge in [-0.25, -0.2) is 5.43 Å². The van der Waals surface area contributed by atoms with Crippen molar-refractivity contribution < 1.29 is 19.2 Å². The van der Waals surface area contributed by atoms with Crippen molar-refractivity contribution in [3.63, 3.8) is 0 Å². The van der Waals surface area contributed by atoms with E-state index >= 15 is 0 Å². The number of hydrazone groups is 1. The third-order valence-electron chi connectivity index (χ3n) is 4.20. The van der Waals surface area contributed by atoms with Gasteiger partial charge >= 0.3 is 0 Å². The number of nitro groups is 1. The van der Waals surface area contributed by atoms with E-state index in [0.29, 0.717) is 22.5 Å². The van der Waals surface area contributed by atoms with E-state index in [4.69, 9.17) is 9.47 Å². The highest BCUT2D eigenvalue weighted by Crippen LogP contribution is 2.31. The van der Waals surface area contributed by atoms with Gasteiger partial charge in [-0.3, -0.25) is 19.6 Å². The Bertz CT molecular complexity index is 1140. The van der Waals surface area contributed by atoms with Crippen LogP contribution in [0.2, 0.25) is 0 Å². The van der Waals surface area contributed by atoms with Gasteiger partial charge in [-0.1, -0.05) is 12.1 Å². The second kappa shape index (κ2) is 8.33. The third kappa shape index (κ3) is 4.30. The lowest BCUT2D eigenvalue weighted by Crippen LogP contribution is -2.19. The van der Waals surface area contributed by atoms with Gasteiger partial charge in [0, 0.05) is 18.3 Å². The Hall–Kier alpha value is -3.73. The summed E-state index contributed by atoms with van der Waals surface area (Å²) in [5, 5.41) is 18.9. The molecule has 0 radical (unpaired) electrons. The van der Waals surface area contributed by atoms with Crippen LogP contribution < -0.4 is 14.9 Å². The standard InChI is InChI=1S/C19H14BrN5O5/c20-15-10-24(9-12-1-4-14(5-2-12)25(27)28)23-18(15)19(26)22-21-8-13-3-6-16-17(7-13)30-11-29-16/h1-8,10H,9,11H2,(H,22,26)/b21-8-. The van der Waals surface area contributed by atoms with E-state index in [-0.39, 0.29) is 18.2 Å². The van der Waals surface area contributed by atoms with Crippen LogP contribution in [0.15, 0.2) is 58.2 Å².